The molecule has 2 amide bonds. The maximum atomic E-state index is 11.4. The van der Waals surface area contributed by atoms with E-state index in [0.717, 1.165) is 19.3 Å². The topological polar surface area (TPSA) is 98.7 Å². The lowest BCUT2D eigenvalue weighted by atomic mass is 10.1. The maximum absolute atomic E-state index is 11.4. The van der Waals surface area contributed by atoms with Gasteiger partial charge in [0.25, 0.3) is 0 Å². The minimum absolute atomic E-state index is 0.0154. The number of rotatable bonds is 7. The van der Waals surface area contributed by atoms with E-state index in [1.54, 1.807) is 0 Å². The highest BCUT2D eigenvalue weighted by atomic mass is 16.4. The molecule has 0 aliphatic rings. The van der Waals surface area contributed by atoms with Crippen LogP contribution in [0.25, 0.3) is 0 Å². The molecular formula is C11H22N2O4. The van der Waals surface area contributed by atoms with Gasteiger partial charge in [0.2, 0.25) is 0 Å². The van der Waals surface area contributed by atoms with Gasteiger partial charge in [0, 0.05) is 6.04 Å². The van der Waals surface area contributed by atoms with Crippen LogP contribution in [-0.4, -0.2) is 40.4 Å². The third-order valence-electron chi connectivity index (χ3n) is 2.40. The van der Waals surface area contributed by atoms with Crippen molar-refractivity contribution in [2.45, 2.75) is 58.2 Å². The van der Waals surface area contributed by atoms with Crippen LogP contribution in [0.15, 0.2) is 0 Å². The maximum Gasteiger partial charge on any atom is 0.328 e. The number of aliphatic hydroxyl groups is 1. The second-order valence-corrected chi connectivity index (χ2v) is 4.22. The smallest absolute Gasteiger partial charge is 0.328 e. The number of unbranched alkanes of at least 4 members (excludes halogenated alkanes) is 1. The lowest BCUT2D eigenvalue weighted by molar-refractivity contribution is -0.141. The summed E-state index contributed by atoms with van der Waals surface area (Å²) in [5, 5.41) is 22.8. The van der Waals surface area contributed by atoms with Crippen LogP contribution in [0.5, 0.6) is 0 Å². The Morgan fingerprint density at radius 3 is 2.24 bits per heavy atom. The molecule has 0 radical (unpaired) electrons. The highest BCUT2D eigenvalue weighted by Crippen LogP contribution is 1.99. The first-order valence-corrected chi connectivity index (χ1v) is 5.86. The van der Waals surface area contributed by atoms with Gasteiger partial charge in [0.05, 0.1) is 6.10 Å². The molecule has 0 saturated carbocycles. The second kappa shape index (κ2) is 7.89. The molecule has 0 heterocycles. The van der Waals surface area contributed by atoms with Crippen LogP contribution in [0.2, 0.25) is 0 Å². The Balaban J connectivity index is 4.10. The normalized spacial score (nSPS) is 15.8. The van der Waals surface area contributed by atoms with Crippen molar-refractivity contribution in [1.82, 2.24) is 10.6 Å². The van der Waals surface area contributed by atoms with Crippen molar-refractivity contribution in [3.63, 3.8) is 0 Å². The largest absolute Gasteiger partial charge is 0.480 e. The van der Waals surface area contributed by atoms with E-state index >= 15 is 0 Å². The van der Waals surface area contributed by atoms with Crippen LogP contribution in [0.3, 0.4) is 0 Å². The molecule has 1 unspecified atom stereocenters. The molecule has 6 heteroatoms. The van der Waals surface area contributed by atoms with Crippen molar-refractivity contribution in [2.24, 2.45) is 0 Å². The summed E-state index contributed by atoms with van der Waals surface area (Å²) in [6.07, 6.45) is 1.75. The van der Waals surface area contributed by atoms with Gasteiger partial charge in [0.15, 0.2) is 6.04 Å². The molecule has 0 bridgehead atoms. The number of aliphatic carboxylic acids is 1. The summed E-state index contributed by atoms with van der Waals surface area (Å²) in [6, 6.07) is -1.87. The standard InChI is InChI=1S/C11H22N2O4/c1-4-5-6-7(2)12-11(17)13-9(8(3)14)10(15)16/h7-9,14H,4-6H2,1-3H3,(H,15,16)(H2,12,13,17)/t7?,8-,9+/m1/s1. The molecule has 0 aromatic heterocycles. The molecule has 17 heavy (non-hydrogen) atoms. The molecule has 0 saturated heterocycles. The van der Waals surface area contributed by atoms with E-state index in [1.807, 2.05) is 6.92 Å². The van der Waals surface area contributed by atoms with Crippen LogP contribution in [0.1, 0.15) is 40.0 Å². The molecule has 0 aromatic carbocycles. The molecule has 100 valence electrons. The van der Waals surface area contributed by atoms with E-state index < -0.39 is 24.1 Å². The van der Waals surface area contributed by atoms with Gasteiger partial charge in [-0.1, -0.05) is 19.8 Å². The van der Waals surface area contributed by atoms with E-state index in [0.29, 0.717) is 0 Å². The van der Waals surface area contributed by atoms with Gasteiger partial charge in [-0.15, -0.1) is 0 Å². The summed E-state index contributed by atoms with van der Waals surface area (Å²) in [5.74, 6) is -1.25. The van der Waals surface area contributed by atoms with E-state index in [9.17, 15) is 14.7 Å². The van der Waals surface area contributed by atoms with Gasteiger partial charge in [-0.25, -0.2) is 9.59 Å². The summed E-state index contributed by atoms with van der Waals surface area (Å²) < 4.78 is 0. The first-order valence-electron chi connectivity index (χ1n) is 5.86. The first kappa shape index (κ1) is 15.7. The molecule has 0 aliphatic heterocycles. The van der Waals surface area contributed by atoms with Gasteiger partial charge < -0.3 is 20.8 Å². The van der Waals surface area contributed by atoms with Crippen molar-refractivity contribution < 1.29 is 19.8 Å². The van der Waals surface area contributed by atoms with Crippen LogP contribution in [0.4, 0.5) is 4.79 Å². The van der Waals surface area contributed by atoms with Crippen molar-refractivity contribution in [3.8, 4) is 0 Å². The fourth-order valence-electron chi connectivity index (χ4n) is 1.38. The number of hydrogen-bond acceptors (Lipinski definition) is 3. The number of hydrogen-bond donors (Lipinski definition) is 4. The highest BCUT2D eigenvalue weighted by Gasteiger charge is 2.25. The molecule has 0 aliphatic carbocycles. The van der Waals surface area contributed by atoms with E-state index in [-0.39, 0.29) is 6.04 Å². The molecule has 0 spiro atoms. The zero-order valence-corrected chi connectivity index (χ0v) is 10.6. The zero-order chi connectivity index (χ0) is 13.4. The van der Waals surface area contributed by atoms with Gasteiger partial charge >= 0.3 is 12.0 Å². The number of nitrogens with one attached hydrogen (secondary N) is 2. The first-order chi connectivity index (χ1) is 7.88. The fourth-order valence-corrected chi connectivity index (χ4v) is 1.38. The van der Waals surface area contributed by atoms with Crippen LogP contribution in [0, 0.1) is 0 Å². The molecule has 0 aromatic rings. The number of carbonyl (C=O) groups excluding carboxylic acids is 1. The average Bonchev–Trinajstić information content (AvgIpc) is 2.22. The van der Waals surface area contributed by atoms with Crippen LogP contribution >= 0.6 is 0 Å². The fraction of sp³-hybridized carbons (Fsp3) is 0.818. The van der Waals surface area contributed by atoms with Crippen molar-refractivity contribution >= 4 is 12.0 Å². The zero-order valence-electron chi connectivity index (χ0n) is 10.6. The van der Waals surface area contributed by atoms with Crippen molar-refractivity contribution in [3.05, 3.63) is 0 Å². The van der Waals surface area contributed by atoms with Gasteiger partial charge in [-0.2, -0.15) is 0 Å². The third-order valence-corrected chi connectivity index (χ3v) is 2.40. The van der Waals surface area contributed by atoms with Crippen molar-refractivity contribution in [2.75, 3.05) is 0 Å². The highest BCUT2D eigenvalue weighted by molar-refractivity contribution is 5.83. The Bertz CT molecular complexity index is 256. The summed E-state index contributed by atoms with van der Waals surface area (Å²) >= 11 is 0. The SMILES string of the molecule is CCCCC(C)NC(=O)N[C@H](C(=O)O)[C@@H](C)O. The van der Waals surface area contributed by atoms with Crippen LogP contribution in [-0.2, 0) is 4.79 Å². The molecule has 0 fully saturated rings. The average molecular weight is 246 g/mol. The Hall–Kier alpha value is -1.30. The number of carbonyl (C=O) groups is 2. The number of carboxylic acid groups (broad SMARTS) is 1. The summed E-state index contributed by atoms with van der Waals surface area (Å²) in [5.41, 5.74) is 0. The van der Waals surface area contributed by atoms with E-state index in [1.165, 1.54) is 6.92 Å². The lowest BCUT2D eigenvalue weighted by Gasteiger charge is -2.19. The lowest BCUT2D eigenvalue weighted by Crippen LogP contribution is -2.52. The quantitative estimate of drug-likeness (QED) is 0.531. The summed E-state index contributed by atoms with van der Waals surface area (Å²) in [6.45, 7) is 5.23. The van der Waals surface area contributed by atoms with E-state index in [2.05, 4.69) is 17.6 Å². The molecule has 0 rings (SSSR count). The van der Waals surface area contributed by atoms with Crippen LogP contribution < -0.4 is 10.6 Å². The number of amides is 2. The molecular weight excluding hydrogens is 224 g/mol. The van der Waals surface area contributed by atoms with Gasteiger partial charge in [-0.05, 0) is 20.3 Å². The Morgan fingerprint density at radius 1 is 1.24 bits per heavy atom. The Kier molecular flexibility index (Phi) is 7.29. The molecule has 4 N–H and O–H groups in total. The predicted octanol–water partition coefficient (Wildman–Crippen LogP) is 0.698. The van der Waals surface area contributed by atoms with E-state index in [4.69, 9.17) is 5.11 Å². The number of urea groups is 1. The summed E-state index contributed by atoms with van der Waals surface area (Å²) in [4.78, 5) is 22.2. The van der Waals surface area contributed by atoms with Gasteiger partial charge in [0.1, 0.15) is 0 Å². The Labute approximate surface area is 101 Å². The number of aliphatic hydroxyl groups excluding tert-OH is 1. The van der Waals surface area contributed by atoms with Crippen molar-refractivity contribution in [1.29, 1.82) is 0 Å². The van der Waals surface area contributed by atoms with Gasteiger partial charge in [-0.3, -0.25) is 0 Å². The monoisotopic (exact) mass is 246 g/mol. The molecule has 3 atom stereocenters. The second-order valence-electron chi connectivity index (χ2n) is 4.22. The number of carboxylic acids is 1. The minimum atomic E-state index is -1.28. The third kappa shape index (κ3) is 6.78. The summed E-state index contributed by atoms with van der Waals surface area (Å²) in [7, 11) is 0. The molecule has 6 nitrogen and oxygen atoms in total. The minimum Gasteiger partial charge on any atom is -0.480 e. The Morgan fingerprint density at radius 2 is 1.82 bits per heavy atom. The predicted molar refractivity (Wildman–Crippen MR) is 63.8 cm³/mol.